The molecule has 0 saturated carbocycles. The maximum Gasteiger partial charge on any atom is 0.283 e. The minimum atomic E-state index is -0.359. The molecule has 10 heteroatoms. The van der Waals surface area contributed by atoms with Crippen LogP contribution in [0.5, 0.6) is 0 Å². The minimum absolute atomic E-state index is 0.0567. The van der Waals surface area contributed by atoms with E-state index in [-0.39, 0.29) is 40.3 Å². The van der Waals surface area contributed by atoms with Crippen LogP contribution in [0.1, 0.15) is 41.6 Å². The number of carbonyl (C=O) groups is 1. The van der Waals surface area contributed by atoms with Crippen molar-refractivity contribution >= 4 is 23.1 Å². The van der Waals surface area contributed by atoms with E-state index in [1.807, 2.05) is 42.2 Å². The number of rotatable bonds is 4. The molecule has 1 saturated heterocycles. The molecule has 2 N–H and O–H groups in total. The molecule has 0 radical (unpaired) electrons. The Morgan fingerprint density at radius 1 is 1.24 bits per heavy atom. The summed E-state index contributed by atoms with van der Waals surface area (Å²) in [5.41, 5.74) is 6.93. The third kappa shape index (κ3) is 3.13. The zero-order valence-electron chi connectivity index (χ0n) is 18.0. The van der Waals surface area contributed by atoms with Crippen LogP contribution in [0.3, 0.4) is 0 Å². The lowest BCUT2D eigenvalue weighted by molar-refractivity contribution is 0.101. The van der Waals surface area contributed by atoms with Gasteiger partial charge >= 0.3 is 0 Å². The Labute approximate surface area is 188 Å². The Morgan fingerprint density at radius 3 is 2.67 bits per heavy atom. The van der Waals surface area contributed by atoms with Crippen LogP contribution in [-0.2, 0) is 0 Å². The van der Waals surface area contributed by atoms with E-state index in [9.17, 15) is 14.9 Å². The van der Waals surface area contributed by atoms with Crippen LogP contribution in [0.2, 0.25) is 0 Å². The lowest BCUT2D eigenvalue weighted by atomic mass is 9.88. The summed E-state index contributed by atoms with van der Waals surface area (Å²) in [6.45, 7) is 4.09. The van der Waals surface area contributed by atoms with Crippen LogP contribution >= 0.6 is 0 Å². The van der Waals surface area contributed by atoms with Gasteiger partial charge in [-0.1, -0.05) is 25.1 Å². The molecule has 0 amide bonds. The lowest BCUT2D eigenvalue weighted by Crippen LogP contribution is -2.52. The van der Waals surface area contributed by atoms with Gasteiger partial charge in [0.1, 0.15) is 17.4 Å². The van der Waals surface area contributed by atoms with E-state index in [1.54, 1.807) is 12.3 Å². The van der Waals surface area contributed by atoms with Gasteiger partial charge in [-0.05, 0) is 25.1 Å². The predicted molar refractivity (Wildman–Crippen MR) is 121 cm³/mol. The van der Waals surface area contributed by atoms with E-state index >= 15 is 0 Å². The summed E-state index contributed by atoms with van der Waals surface area (Å²) in [5, 5.41) is 14.2. The first-order valence-electron chi connectivity index (χ1n) is 10.4. The largest absolute Gasteiger partial charge is 0.368 e. The second-order valence-corrected chi connectivity index (χ2v) is 8.06. The summed E-state index contributed by atoms with van der Waals surface area (Å²) >= 11 is 0. The van der Waals surface area contributed by atoms with Crippen molar-refractivity contribution in [1.29, 1.82) is 5.26 Å². The SMILES string of the molecule is CC(=O)c1cnc(N)nc1N1C[C@H](C)[C@H]1c1nn2ccc(C#N)c2c(=O)n1-c1ccccc1. The average molecular weight is 440 g/mol. The van der Waals surface area contributed by atoms with Gasteiger partial charge in [-0.15, -0.1) is 0 Å². The summed E-state index contributed by atoms with van der Waals surface area (Å²) in [4.78, 5) is 36.1. The zero-order valence-corrected chi connectivity index (χ0v) is 18.0. The second kappa shape index (κ2) is 7.56. The molecule has 3 aromatic heterocycles. The summed E-state index contributed by atoms with van der Waals surface area (Å²) in [5.74, 6) is 0.866. The molecule has 33 heavy (non-hydrogen) atoms. The van der Waals surface area contributed by atoms with Gasteiger partial charge in [-0.2, -0.15) is 15.3 Å². The van der Waals surface area contributed by atoms with Crippen molar-refractivity contribution in [3.63, 3.8) is 0 Å². The predicted octanol–water partition coefficient (Wildman–Crippen LogP) is 2.13. The smallest absolute Gasteiger partial charge is 0.283 e. The highest BCUT2D eigenvalue weighted by atomic mass is 16.1. The number of Topliss-reactive ketones (excluding diaryl/α,β-unsaturated/α-hetero) is 1. The van der Waals surface area contributed by atoms with Gasteiger partial charge in [0.2, 0.25) is 5.95 Å². The number of aromatic nitrogens is 5. The topological polar surface area (TPSA) is 135 Å². The van der Waals surface area contributed by atoms with Gasteiger partial charge in [0, 0.05) is 24.9 Å². The van der Waals surface area contributed by atoms with Gasteiger partial charge in [0.15, 0.2) is 11.6 Å². The van der Waals surface area contributed by atoms with Crippen LogP contribution < -0.4 is 16.2 Å². The first-order chi connectivity index (χ1) is 15.9. The number of fused-ring (bicyclic) bond motifs is 1. The molecule has 0 spiro atoms. The van der Waals surface area contributed by atoms with Crippen molar-refractivity contribution in [2.24, 2.45) is 5.92 Å². The van der Waals surface area contributed by atoms with Gasteiger partial charge in [-0.25, -0.2) is 9.50 Å². The summed E-state index contributed by atoms with van der Waals surface area (Å²) in [7, 11) is 0. The van der Waals surface area contributed by atoms with E-state index < -0.39 is 0 Å². The van der Waals surface area contributed by atoms with E-state index in [1.165, 1.54) is 22.2 Å². The number of ketones is 1. The molecule has 0 bridgehead atoms. The van der Waals surface area contributed by atoms with Crippen molar-refractivity contribution < 1.29 is 4.79 Å². The third-order valence-electron chi connectivity index (χ3n) is 5.91. The molecule has 0 aliphatic carbocycles. The van der Waals surface area contributed by atoms with Crippen LogP contribution in [0.25, 0.3) is 11.2 Å². The van der Waals surface area contributed by atoms with E-state index in [0.29, 0.717) is 29.4 Å². The molecule has 2 atom stereocenters. The number of nitriles is 1. The van der Waals surface area contributed by atoms with Gasteiger partial charge in [0.25, 0.3) is 5.56 Å². The number of para-hydroxylation sites is 1. The molecular formula is C23H20N8O2. The van der Waals surface area contributed by atoms with Crippen molar-refractivity contribution in [2.45, 2.75) is 19.9 Å². The fourth-order valence-electron chi connectivity index (χ4n) is 4.35. The molecule has 1 aliphatic rings. The van der Waals surface area contributed by atoms with Crippen molar-refractivity contribution in [3.05, 3.63) is 76.1 Å². The molecule has 5 rings (SSSR count). The van der Waals surface area contributed by atoms with Gasteiger partial charge in [0.05, 0.1) is 22.9 Å². The molecule has 0 unspecified atom stereocenters. The molecule has 4 heterocycles. The average Bonchev–Trinajstić information content (AvgIpc) is 3.21. The van der Waals surface area contributed by atoms with Crippen LogP contribution in [-0.4, -0.2) is 36.5 Å². The number of nitrogens with zero attached hydrogens (tertiary/aromatic N) is 7. The minimum Gasteiger partial charge on any atom is -0.368 e. The fraction of sp³-hybridized carbons (Fsp3) is 0.217. The fourth-order valence-corrected chi connectivity index (χ4v) is 4.35. The Bertz CT molecular complexity index is 1500. The van der Waals surface area contributed by atoms with Crippen molar-refractivity contribution in [1.82, 2.24) is 24.1 Å². The van der Waals surface area contributed by atoms with Gasteiger partial charge < -0.3 is 10.6 Å². The number of nitrogens with two attached hydrogens (primary N) is 1. The second-order valence-electron chi connectivity index (χ2n) is 8.06. The number of anilines is 2. The Balaban J connectivity index is 1.77. The maximum absolute atomic E-state index is 13.6. The first kappa shape index (κ1) is 20.4. The molecular weight excluding hydrogens is 420 g/mol. The summed E-state index contributed by atoms with van der Waals surface area (Å²) in [6.07, 6.45) is 3.03. The summed E-state index contributed by atoms with van der Waals surface area (Å²) in [6, 6.07) is 12.4. The number of nitrogen functional groups attached to an aromatic ring is 1. The molecule has 1 aromatic carbocycles. The normalized spacial score (nSPS) is 17.5. The first-order valence-corrected chi connectivity index (χ1v) is 10.4. The van der Waals surface area contributed by atoms with Crippen LogP contribution in [0.4, 0.5) is 11.8 Å². The highest BCUT2D eigenvalue weighted by Crippen LogP contribution is 2.42. The highest BCUT2D eigenvalue weighted by Gasteiger charge is 2.43. The quantitative estimate of drug-likeness (QED) is 0.477. The van der Waals surface area contributed by atoms with E-state index in [0.717, 1.165) is 0 Å². The maximum atomic E-state index is 13.6. The Morgan fingerprint density at radius 2 is 2.00 bits per heavy atom. The standard InChI is InChI=1S/C23H20N8O2/c1-13-12-29(20-17(14(2)32)11-26-23(25)27-20)18(13)21-28-30-9-8-15(10-24)19(30)22(33)31(21)16-6-4-3-5-7-16/h3-9,11,13,18H,12H2,1-2H3,(H2,25,26,27)/t13-,18-/m0/s1. The third-order valence-corrected chi connectivity index (χ3v) is 5.91. The van der Waals surface area contributed by atoms with Crippen LogP contribution in [0.15, 0.2) is 53.6 Å². The van der Waals surface area contributed by atoms with E-state index in [2.05, 4.69) is 16.0 Å². The van der Waals surface area contributed by atoms with Gasteiger partial charge in [-0.3, -0.25) is 14.2 Å². The Kier molecular flexibility index (Phi) is 4.67. The lowest BCUT2D eigenvalue weighted by Gasteiger charge is -2.47. The number of hydrogen-bond acceptors (Lipinski definition) is 8. The number of carbonyl (C=O) groups excluding carboxylic acids is 1. The zero-order chi connectivity index (χ0) is 23.3. The molecule has 164 valence electrons. The molecule has 4 aromatic rings. The number of hydrogen-bond donors (Lipinski definition) is 1. The highest BCUT2D eigenvalue weighted by molar-refractivity contribution is 5.98. The summed E-state index contributed by atoms with van der Waals surface area (Å²) < 4.78 is 2.97. The number of benzene rings is 1. The van der Waals surface area contributed by atoms with Crippen LogP contribution in [0, 0.1) is 17.2 Å². The Hall–Kier alpha value is -4.52. The monoisotopic (exact) mass is 440 g/mol. The van der Waals surface area contributed by atoms with Crippen molar-refractivity contribution in [3.8, 4) is 11.8 Å². The molecule has 10 nitrogen and oxygen atoms in total. The van der Waals surface area contributed by atoms with Crippen molar-refractivity contribution in [2.75, 3.05) is 17.2 Å². The molecule has 1 aliphatic heterocycles. The molecule has 1 fully saturated rings. The van der Waals surface area contributed by atoms with E-state index in [4.69, 9.17) is 10.8 Å².